The van der Waals surface area contributed by atoms with Gasteiger partial charge in [0, 0.05) is 26.3 Å². The Bertz CT molecular complexity index is 1180. The Balaban J connectivity index is 1.71. The highest BCUT2D eigenvalue weighted by molar-refractivity contribution is 7.89. The van der Waals surface area contributed by atoms with Crippen LogP contribution in [0, 0.1) is 0 Å². The van der Waals surface area contributed by atoms with E-state index in [2.05, 4.69) is 4.98 Å². The van der Waals surface area contributed by atoms with Crippen molar-refractivity contribution in [3.63, 3.8) is 0 Å². The third kappa shape index (κ3) is 4.94. The van der Waals surface area contributed by atoms with E-state index in [-0.39, 0.29) is 28.6 Å². The number of pyridine rings is 1. The first-order valence-electron chi connectivity index (χ1n) is 10.5. The summed E-state index contributed by atoms with van der Waals surface area (Å²) in [5, 5.41) is 0.181. The van der Waals surface area contributed by atoms with E-state index in [1.807, 2.05) is 48.5 Å². The predicted molar refractivity (Wildman–Crippen MR) is 126 cm³/mol. The van der Waals surface area contributed by atoms with Gasteiger partial charge in [-0.2, -0.15) is 4.31 Å². The maximum absolute atomic E-state index is 13.6. The van der Waals surface area contributed by atoms with Crippen LogP contribution >= 0.6 is 11.6 Å². The van der Waals surface area contributed by atoms with Crippen molar-refractivity contribution in [2.75, 3.05) is 33.4 Å². The summed E-state index contributed by atoms with van der Waals surface area (Å²) in [7, 11) is -2.11. The summed E-state index contributed by atoms with van der Waals surface area (Å²) < 4.78 is 32.8. The number of carbonyl (C=O) groups is 1. The van der Waals surface area contributed by atoms with E-state index in [0.717, 1.165) is 5.56 Å². The number of aromatic nitrogens is 1. The lowest BCUT2D eigenvalue weighted by atomic mass is 10.0. The van der Waals surface area contributed by atoms with Crippen LogP contribution in [0.2, 0.25) is 5.02 Å². The van der Waals surface area contributed by atoms with Crippen molar-refractivity contribution in [1.82, 2.24) is 14.2 Å². The number of hydrogen-bond donors (Lipinski definition) is 0. The number of benzene rings is 2. The number of carbonyl (C=O) groups excluding carboxylic acids is 1. The second kappa shape index (κ2) is 10.0. The number of amides is 1. The third-order valence-electron chi connectivity index (χ3n) is 5.57. The number of halogens is 1. The van der Waals surface area contributed by atoms with Gasteiger partial charge in [-0.1, -0.05) is 48.0 Å². The first-order valence-corrected chi connectivity index (χ1v) is 12.3. The molecule has 2 aromatic carbocycles. The Kier molecular flexibility index (Phi) is 7.09. The van der Waals surface area contributed by atoms with Gasteiger partial charge in [-0.15, -0.1) is 0 Å². The van der Waals surface area contributed by atoms with Gasteiger partial charge in [-0.05, 0) is 35.9 Å². The van der Waals surface area contributed by atoms with E-state index < -0.39 is 22.0 Å². The molecule has 0 N–H and O–H groups in total. The molecule has 0 aliphatic carbocycles. The average molecular weight is 486 g/mol. The van der Waals surface area contributed by atoms with Crippen molar-refractivity contribution in [3.05, 3.63) is 94.8 Å². The van der Waals surface area contributed by atoms with E-state index in [1.165, 1.54) is 27.4 Å². The van der Waals surface area contributed by atoms with Crippen LogP contribution in [-0.4, -0.2) is 61.9 Å². The summed E-state index contributed by atoms with van der Waals surface area (Å²) in [6.07, 6.45) is 1.67. The number of morpholine rings is 1. The van der Waals surface area contributed by atoms with Crippen LogP contribution in [0.1, 0.15) is 27.7 Å². The van der Waals surface area contributed by atoms with Crippen LogP contribution in [-0.2, 0) is 14.8 Å². The second-order valence-electron chi connectivity index (χ2n) is 7.64. The predicted octanol–water partition coefficient (Wildman–Crippen LogP) is 3.62. The molecule has 1 aromatic heterocycles. The van der Waals surface area contributed by atoms with E-state index in [9.17, 15) is 13.2 Å². The van der Waals surface area contributed by atoms with Crippen molar-refractivity contribution in [1.29, 1.82) is 0 Å². The maximum Gasteiger partial charge on any atom is 0.255 e. The van der Waals surface area contributed by atoms with Gasteiger partial charge < -0.3 is 9.64 Å². The summed E-state index contributed by atoms with van der Waals surface area (Å²) in [6.45, 7) is 1.21. The van der Waals surface area contributed by atoms with Crippen LogP contribution in [0.5, 0.6) is 0 Å². The van der Waals surface area contributed by atoms with Crippen molar-refractivity contribution in [2.24, 2.45) is 0 Å². The maximum atomic E-state index is 13.6. The molecular formula is C24H24ClN3O4S. The highest BCUT2D eigenvalue weighted by atomic mass is 35.5. The van der Waals surface area contributed by atoms with Gasteiger partial charge in [-0.3, -0.25) is 9.78 Å². The molecule has 1 unspecified atom stereocenters. The molecule has 4 rings (SSSR count). The fourth-order valence-corrected chi connectivity index (χ4v) is 5.47. The molecule has 0 saturated carbocycles. The van der Waals surface area contributed by atoms with Gasteiger partial charge in [0.25, 0.3) is 5.91 Å². The Morgan fingerprint density at radius 2 is 1.76 bits per heavy atom. The Hall–Kier alpha value is -2.78. The smallest absolute Gasteiger partial charge is 0.255 e. The largest absolute Gasteiger partial charge is 0.379 e. The number of sulfonamides is 1. The minimum atomic E-state index is -3.77. The molecule has 9 heteroatoms. The fraction of sp³-hybridized carbons (Fsp3) is 0.250. The topological polar surface area (TPSA) is 79.8 Å². The first-order chi connectivity index (χ1) is 15.9. The SMILES string of the molecule is CN(C(=O)c1cc(S(=O)(=O)N2CCOCC2)ccc1Cl)C(c1ccccc1)c1ccccn1. The van der Waals surface area contributed by atoms with Crippen molar-refractivity contribution in [2.45, 2.75) is 10.9 Å². The lowest BCUT2D eigenvalue weighted by Crippen LogP contribution is -2.40. The normalized spacial score (nSPS) is 15.7. The highest BCUT2D eigenvalue weighted by Crippen LogP contribution is 2.30. The van der Waals surface area contributed by atoms with Crippen LogP contribution in [0.15, 0.2) is 77.8 Å². The first kappa shape index (κ1) is 23.4. The minimum Gasteiger partial charge on any atom is -0.379 e. The number of nitrogens with zero attached hydrogens (tertiary/aromatic N) is 3. The highest BCUT2D eigenvalue weighted by Gasteiger charge is 2.30. The molecule has 3 aromatic rings. The van der Waals surface area contributed by atoms with E-state index in [0.29, 0.717) is 18.9 Å². The quantitative estimate of drug-likeness (QED) is 0.532. The Labute approximate surface area is 198 Å². The van der Waals surface area contributed by atoms with Gasteiger partial charge in [0.2, 0.25) is 10.0 Å². The summed E-state index contributed by atoms with van der Waals surface area (Å²) in [4.78, 5) is 19.6. The van der Waals surface area contributed by atoms with Crippen LogP contribution in [0.3, 0.4) is 0 Å². The van der Waals surface area contributed by atoms with E-state index in [4.69, 9.17) is 16.3 Å². The number of ether oxygens (including phenoxy) is 1. The standard InChI is InChI=1S/C24H24ClN3O4S/c1-27(23(18-7-3-2-4-8-18)22-9-5-6-12-26-22)24(29)20-17-19(10-11-21(20)25)33(30,31)28-13-15-32-16-14-28/h2-12,17,23H,13-16H2,1H3. The lowest BCUT2D eigenvalue weighted by Gasteiger charge is -2.29. The number of hydrogen-bond acceptors (Lipinski definition) is 5. The molecular weight excluding hydrogens is 462 g/mol. The monoisotopic (exact) mass is 485 g/mol. The molecule has 33 heavy (non-hydrogen) atoms. The molecule has 172 valence electrons. The third-order valence-corrected chi connectivity index (χ3v) is 7.79. The Morgan fingerprint density at radius 1 is 1.06 bits per heavy atom. The van der Waals surface area contributed by atoms with Gasteiger partial charge in [-0.25, -0.2) is 8.42 Å². The van der Waals surface area contributed by atoms with Crippen LogP contribution < -0.4 is 0 Å². The van der Waals surface area contributed by atoms with Gasteiger partial charge in [0.1, 0.15) is 0 Å². The molecule has 7 nitrogen and oxygen atoms in total. The minimum absolute atomic E-state index is 0.0275. The molecule has 0 radical (unpaired) electrons. The molecule has 1 aliphatic heterocycles. The van der Waals surface area contributed by atoms with Crippen molar-refractivity contribution in [3.8, 4) is 0 Å². The molecule has 0 spiro atoms. The van der Waals surface area contributed by atoms with Crippen molar-refractivity contribution < 1.29 is 17.9 Å². The second-order valence-corrected chi connectivity index (χ2v) is 9.99. The average Bonchev–Trinajstić information content (AvgIpc) is 2.86. The molecule has 1 saturated heterocycles. The molecule has 0 bridgehead atoms. The molecule has 1 amide bonds. The van der Waals surface area contributed by atoms with Gasteiger partial charge in [0.05, 0.1) is 40.4 Å². The van der Waals surface area contributed by atoms with Gasteiger partial charge in [0.15, 0.2) is 0 Å². The lowest BCUT2D eigenvalue weighted by molar-refractivity contribution is 0.0729. The zero-order chi connectivity index (χ0) is 23.4. The molecule has 1 aliphatic rings. The summed E-state index contributed by atoms with van der Waals surface area (Å²) >= 11 is 6.38. The van der Waals surface area contributed by atoms with Crippen molar-refractivity contribution >= 4 is 27.5 Å². The van der Waals surface area contributed by atoms with E-state index in [1.54, 1.807) is 13.2 Å². The number of rotatable bonds is 6. The Morgan fingerprint density at radius 3 is 2.42 bits per heavy atom. The fourth-order valence-electron chi connectivity index (χ4n) is 3.84. The van der Waals surface area contributed by atoms with E-state index >= 15 is 0 Å². The van der Waals surface area contributed by atoms with Gasteiger partial charge >= 0.3 is 0 Å². The zero-order valence-electron chi connectivity index (χ0n) is 18.1. The van der Waals surface area contributed by atoms with Crippen LogP contribution in [0.4, 0.5) is 0 Å². The zero-order valence-corrected chi connectivity index (χ0v) is 19.7. The summed E-state index contributed by atoms with van der Waals surface area (Å²) in [5.74, 6) is -0.404. The van der Waals surface area contributed by atoms with Crippen LogP contribution in [0.25, 0.3) is 0 Å². The summed E-state index contributed by atoms with van der Waals surface area (Å²) in [6, 6.07) is 18.8. The summed E-state index contributed by atoms with van der Waals surface area (Å²) in [5.41, 5.74) is 1.68. The molecule has 1 fully saturated rings. The molecule has 2 heterocycles. The molecule has 1 atom stereocenters.